The molecule has 98 valence electrons. The summed E-state index contributed by atoms with van der Waals surface area (Å²) in [5.74, 6) is 0.428. The molecule has 0 aliphatic carbocycles. The summed E-state index contributed by atoms with van der Waals surface area (Å²) in [7, 11) is 0. The Balaban J connectivity index is 2.23. The second kappa shape index (κ2) is 7.77. The lowest BCUT2D eigenvalue weighted by Gasteiger charge is -2.05. The van der Waals surface area contributed by atoms with Crippen LogP contribution in [0.4, 0.5) is 4.79 Å². The van der Waals surface area contributed by atoms with Crippen LogP contribution < -0.4 is 10.6 Å². The van der Waals surface area contributed by atoms with Gasteiger partial charge in [-0.25, -0.2) is 4.79 Å². The molecule has 0 aliphatic rings. The zero-order valence-electron chi connectivity index (χ0n) is 10.7. The van der Waals surface area contributed by atoms with Gasteiger partial charge in [0.05, 0.1) is 0 Å². The molecule has 0 aromatic heterocycles. The third-order valence-corrected chi connectivity index (χ3v) is 2.52. The predicted molar refractivity (Wildman–Crippen MR) is 75.7 cm³/mol. The first-order valence-corrected chi connectivity index (χ1v) is 6.41. The molecule has 4 heteroatoms. The van der Waals surface area contributed by atoms with Crippen LogP contribution in [0.25, 0.3) is 0 Å². The lowest BCUT2D eigenvalue weighted by atomic mass is 10.1. The quantitative estimate of drug-likeness (QED) is 0.843. The smallest absolute Gasteiger partial charge is 0.318 e. The number of rotatable bonds is 5. The van der Waals surface area contributed by atoms with Crippen LogP contribution in [0.2, 0.25) is 5.02 Å². The molecule has 2 N–H and O–H groups in total. The third-order valence-electron chi connectivity index (χ3n) is 2.28. The Labute approximate surface area is 113 Å². The highest BCUT2D eigenvalue weighted by Crippen LogP contribution is 2.10. The molecule has 2 amide bonds. The van der Waals surface area contributed by atoms with Crippen LogP contribution in [0.1, 0.15) is 19.4 Å². The normalized spacial score (nSPS) is 10.9. The Bertz CT molecular complexity index is 416. The number of carbonyl (C=O) groups excluding carboxylic acids is 1. The summed E-state index contributed by atoms with van der Waals surface area (Å²) >= 11 is 5.88. The van der Waals surface area contributed by atoms with Gasteiger partial charge in [-0.15, -0.1) is 0 Å². The highest BCUT2D eigenvalue weighted by Gasteiger charge is 1.98. The van der Waals surface area contributed by atoms with Gasteiger partial charge in [0, 0.05) is 17.8 Å². The maximum atomic E-state index is 11.4. The molecular weight excluding hydrogens is 248 g/mol. The Kier molecular flexibility index (Phi) is 6.29. The van der Waals surface area contributed by atoms with Gasteiger partial charge in [0.25, 0.3) is 0 Å². The summed E-state index contributed by atoms with van der Waals surface area (Å²) in [4.78, 5) is 11.4. The molecule has 3 nitrogen and oxygen atoms in total. The van der Waals surface area contributed by atoms with E-state index in [1.807, 2.05) is 30.3 Å². The second-order valence-electron chi connectivity index (χ2n) is 4.38. The molecular formula is C14H19ClN2O. The van der Waals surface area contributed by atoms with Crippen LogP contribution in [0.15, 0.2) is 36.5 Å². The molecule has 1 aromatic rings. The van der Waals surface area contributed by atoms with Crippen molar-refractivity contribution < 1.29 is 4.79 Å². The summed E-state index contributed by atoms with van der Waals surface area (Å²) in [5.41, 5.74) is 1.11. The fraction of sp³-hybridized carbons (Fsp3) is 0.357. The Morgan fingerprint density at radius 1 is 1.44 bits per heavy atom. The summed E-state index contributed by atoms with van der Waals surface area (Å²) in [6, 6.07) is 7.45. The molecule has 0 saturated carbocycles. The minimum absolute atomic E-state index is 0.186. The van der Waals surface area contributed by atoms with Crippen molar-refractivity contribution in [2.45, 2.75) is 20.3 Å². The number of urea groups is 1. The summed E-state index contributed by atoms with van der Waals surface area (Å²) in [6.45, 7) is 4.69. The van der Waals surface area contributed by atoms with Gasteiger partial charge in [-0.1, -0.05) is 43.7 Å². The van der Waals surface area contributed by atoms with Crippen LogP contribution in [-0.2, 0) is 6.42 Å². The topological polar surface area (TPSA) is 41.1 Å². The van der Waals surface area contributed by atoms with Crippen LogP contribution in [0.5, 0.6) is 0 Å². The number of benzene rings is 1. The SMILES string of the molecule is CC(C)/C=C/NC(=O)NCCc1cccc(Cl)c1. The van der Waals surface area contributed by atoms with E-state index in [-0.39, 0.29) is 6.03 Å². The summed E-state index contributed by atoms with van der Waals surface area (Å²) in [5, 5.41) is 6.15. The minimum atomic E-state index is -0.186. The van der Waals surface area contributed by atoms with Gasteiger partial charge in [-0.2, -0.15) is 0 Å². The molecule has 0 unspecified atom stereocenters. The van der Waals surface area contributed by atoms with E-state index >= 15 is 0 Å². The van der Waals surface area contributed by atoms with E-state index < -0.39 is 0 Å². The van der Waals surface area contributed by atoms with Crippen molar-refractivity contribution >= 4 is 17.6 Å². The highest BCUT2D eigenvalue weighted by atomic mass is 35.5. The molecule has 0 spiro atoms. The lowest BCUT2D eigenvalue weighted by molar-refractivity contribution is 0.244. The average Bonchev–Trinajstić information content (AvgIpc) is 2.28. The van der Waals surface area contributed by atoms with Crippen molar-refractivity contribution in [1.82, 2.24) is 10.6 Å². The van der Waals surface area contributed by atoms with Crippen molar-refractivity contribution in [3.05, 3.63) is 47.1 Å². The molecule has 0 bridgehead atoms. The van der Waals surface area contributed by atoms with E-state index in [4.69, 9.17) is 11.6 Å². The number of halogens is 1. The van der Waals surface area contributed by atoms with Crippen LogP contribution >= 0.6 is 11.6 Å². The van der Waals surface area contributed by atoms with E-state index in [1.54, 1.807) is 6.20 Å². The standard InChI is InChI=1S/C14H19ClN2O/c1-11(2)6-8-16-14(18)17-9-7-12-4-3-5-13(15)10-12/h3-6,8,10-11H,7,9H2,1-2H3,(H2,16,17,18)/b8-6+. The predicted octanol–water partition coefficient (Wildman–Crippen LogP) is 3.35. The zero-order valence-corrected chi connectivity index (χ0v) is 11.5. The monoisotopic (exact) mass is 266 g/mol. The Morgan fingerprint density at radius 2 is 2.22 bits per heavy atom. The van der Waals surface area contributed by atoms with E-state index in [2.05, 4.69) is 24.5 Å². The fourth-order valence-electron chi connectivity index (χ4n) is 1.38. The van der Waals surface area contributed by atoms with Gasteiger partial charge in [0.2, 0.25) is 0 Å². The Hall–Kier alpha value is -1.48. The molecule has 0 aliphatic heterocycles. The van der Waals surface area contributed by atoms with Crippen LogP contribution in [0, 0.1) is 5.92 Å². The number of carbonyl (C=O) groups is 1. The first-order chi connectivity index (χ1) is 8.58. The first-order valence-electron chi connectivity index (χ1n) is 6.03. The second-order valence-corrected chi connectivity index (χ2v) is 4.82. The number of allylic oxidation sites excluding steroid dienone is 1. The van der Waals surface area contributed by atoms with Crippen LogP contribution in [-0.4, -0.2) is 12.6 Å². The summed E-state index contributed by atoms with van der Waals surface area (Å²) in [6.07, 6.45) is 4.36. The van der Waals surface area contributed by atoms with Gasteiger partial charge in [0.15, 0.2) is 0 Å². The van der Waals surface area contributed by atoms with E-state index in [9.17, 15) is 4.79 Å². The third kappa shape index (κ3) is 6.30. The maximum absolute atomic E-state index is 11.4. The van der Waals surface area contributed by atoms with Gasteiger partial charge >= 0.3 is 6.03 Å². The molecule has 1 rings (SSSR count). The van der Waals surface area contributed by atoms with Crippen molar-refractivity contribution in [2.75, 3.05) is 6.54 Å². The fourth-order valence-corrected chi connectivity index (χ4v) is 1.59. The molecule has 1 aromatic carbocycles. The number of amides is 2. The highest BCUT2D eigenvalue weighted by molar-refractivity contribution is 6.30. The van der Waals surface area contributed by atoms with Gasteiger partial charge in [-0.3, -0.25) is 0 Å². The zero-order chi connectivity index (χ0) is 13.4. The number of nitrogens with one attached hydrogen (secondary N) is 2. The Morgan fingerprint density at radius 3 is 2.89 bits per heavy atom. The molecule has 0 fully saturated rings. The first kappa shape index (κ1) is 14.6. The van der Waals surface area contributed by atoms with Crippen molar-refractivity contribution in [2.24, 2.45) is 5.92 Å². The molecule has 0 saturated heterocycles. The lowest BCUT2D eigenvalue weighted by Crippen LogP contribution is -2.33. The maximum Gasteiger partial charge on any atom is 0.318 e. The number of hydrogen-bond acceptors (Lipinski definition) is 1. The minimum Gasteiger partial charge on any atom is -0.338 e. The molecule has 18 heavy (non-hydrogen) atoms. The van der Waals surface area contributed by atoms with Crippen molar-refractivity contribution in [3.63, 3.8) is 0 Å². The summed E-state index contributed by atoms with van der Waals surface area (Å²) < 4.78 is 0. The van der Waals surface area contributed by atoms with E-state index in [0.29, 0.717) is 12.5 Å². The average molecular weight is 267 g/mol. The largest absolute Gasteiger partial charge is 0.338 e. The number of hydrogen-bond donors (Lipinski definition) is 2. The molecule has 0 atom stereocenters. The van der Waals surface area contributed by atoms with Gasteiger partial charge < -0.3 is 10.6 Å². The van der Waals surface area contributed by atoms with Crippen molar-refractivity contribution in [1.29, 1.82) is 0 Å². The van der Waals surface area contributed by atoms with Crippen LogP contribution in [0.3, 0.4) is 0 Å². The van der Waals surface area contributed by atoms with E-state index in [0.717, 1.165) is 17.0 Å². The van der Waals surface area contributed by atoms with Crippen molar-refractivity contribution in [3.8, 4) is 0 Å². The van der Waals surface area contributed by atoms with Gasteiger partial charge in [0.1, 0.15) is 0 Å². The van der Waals surface area contributed by atoms with Gasteiger partial charge in [-0.05, 0) is 30.0 Å². The van der Waals surface area contributed by atoms with E-state index in [1.165, 1.54) is 0 Å². The molecule has 0 heterocycles. The molecule has 0 radical (unpaired) electrons.